The summed E-state index contributed by atoms with van der Waals surface area (Å²) < 4.78 is 18.3. The smallest absolute Gasteiger partial charge is 0.419 e. The van der Waals surface area contributed by atoms with E-state index in [1.165, 1.54) is 4.57 Å². The molecule has 4 aliphatic heterocycles. The van der Waals surface area contributed by atoms with E-state index in [1.54, 1.807) is 18.0 Å². The van der Waals surface area contributed by atoms with Crippen molar-refractivity contribution in [3.8, 4) is 0 Å². The minimum Gasteiger partial charge on any atom is -0.466 e. The highest BCUT2D eigenvalue weighted by Crippen LogP contribution is 2.27. The number of nitrogens with zero attached hydrogens (tertiary/aromatic N) is 6. The van der Waals surface area contributed by atoms with E-state index in [1.807, 2.05) is 54.0 Å². The van der Waals surface area contributed by atoms with Crippen LogP contribution in [-0.2, 0) is 39.0 Å². The van der Waals surface area contributed by atoms with E-state index in [9.17, 15) is 24.0 Å². The molecule has 1 aromatic heterocycles. The number of fused-ring (bicyclic) bond motifs is 2. The maximum Gasteiger partial charge on any atom is 0.419 e. The first-order valence-corrected chi connectivity index (χ1v) is 20.7. The minimum atomic E-state index is -1.07. The van der Waals surface area contributed by atoms with Gasteiger partial charge in [-0.15, -0.1) is 0 Å². The molecule has 0 saturated carbocycles. The molecule has 0 radical (unpaired) electrons. The lowest BCUT2D eigenvalue weighted by Gasteiger charge is -2.43. The van der Waals surface area contributed by atoms with Gasteiger partial charge in [0.15, 0.2) is 11.7 Å². The summed E-state index contributed by atoms with van der Waals surface area (Å²) in [6.45, 7) is 11.2. The minimum absolute atomic E-state index is 0.0188. The molecule has 3 saturated heterocycles. The molecule has 4 amide bonds. The zero-order chi connectivity index (χ0) is 40.1. The molecule has 3 fully saturated rings. The second kappa shape index (κ2) is 18.1. The lowest BCUT2D eigenvalue weighted by molar-refractivity contribution is -0.144. The number of ether oxygens (including phenoxy) is 2. The van der Waals surface area contributed by atoms with Crippen molar-refractivity contribution < 1.29 is 33.1 Å². The largest absolute Gasteiger partial charge is 0.466 e. The number of urea groups is 1. The average molecular weight is 788 g/mol. The summed E-state index contributed by atoms with van der Waals surface area (Å²) in [5, 5.41) is 3.05. The Bertz CT molecular complexity index is 1970. The molecule has 0 bridgehead atoms. The first-order valence-electron chi connectivity index (χ1n) is 20.7. The number of rotatable bonds is 11. The summed E-state index contributed by atoms with van der Waals surface area (Å²) in [6, 6.07) is 11.7. The van der Waals surface area contributed by atoms with Crippen molar-refractivity contribution >= 4 is 40.8 Å². The maximum absolute atomic E-state index is 14.3. The third-order valence-electron chi connectivity index (χ3n) is 12.2. The van der Waals surface area contributed by atoms with Crippen LogP contribution < -0.4 is 11.1 Å². The normalized spacial score (nSPS) is 19.6. The first kappa shape index (κ1) is 40.3. The number of para-hydroxylation sites is 1. The van der Waals surface area contributed by atoms with Crippen LogP contribution in [0.3, 0.4) is 0 Å². The Hall–Kier alpha value is -4.89. The maximum atomic E-state index is 14.3. The van der Waals surface area contributed by atoms with Crippen molar-refractivity contribution in [2.75, 3.05) is 77.4 Å². The van der Waals surface area contributed by atoms with Crippen molar-refractivity contribution in [1.82, 2.24) is 29.1 Å². The van der Waals surface area contributed by atoms with Gasteiger partial charge in [0.1, 0.15) is 0 Å². The van der Waals surface area contributed by atoms with Crippen LogP contribution in [0.1, 0.15) is 62.1 Å². The molecular formula is C42H57N7O8. The molecule has 0 aliphatic carbocycles. The SMILES string of the molecule is CCCOC(=O)CCN1CCN(C2CCN(C(=O)[C@@H](Cc3cc(C)c4c(c3)oc(=O)n4C)OC(=O)N3CCC(N4CCc5ccccc5NC4=O)CC3)CC2)CC1. The van der Waals surface area contributed by atoms with E-state index in [-0.39, 0.29) is 30.4 Å². The van der Waals surface area contributed by atoms with Crippen LogP contribution in [0.15, 0.2) is 45.6 Å². The van der Waals surface area contributed by atoms with Crippen LogP contribution >= 0.6 is 0 Å². The van der Waals surface area contributed by atoms with Crippen LogP contribution in [0.25, 0.3) is 11.1 Å². The number of carbonyl (C=O) groups excluding carboxylic acids is 4. The van der Waals surface area contributed by atoms with Crippen molar-refractivity contribution in [2.45, 2.75) is 83.4 Å². The molecule has 2 aromatic carbocycles. The molecule has 7 rings (SSSR count). The zero-order valence-corrected chi connectivity index (χ0v) is 33.6. The van der Waals surface area contributed by atoms with E-state index in [2.05, 4.69) is 15.1 Å². The monoisotopic (exact) mass is 787 g/mol. The molecule has 0 spiro atoms. The fraction of sp³-hybridized carbons (Fsp3) is 0.595. The van der Waals surface area contributed by atoms with Crippen LogP contribution in [0, 0.1) is 6.92 Å². The van der Waals surface area contributed by atoms with Gasteiger partial charge in [-0.05, 0) is 74.3 Å². The highest BCUT2D eigenvalue weighted by molar-refractivity contribution is 5.91. The molecular weight excluding hydrogens is 731 g/mol. The number of likely N-dealkylation sites (tertiary alicyclic amines) is 2. The Morgan fingerprint density at radius 3 is 2.33 bits per heavy atom. The second-order valence-corrected chi connectivity index (χ2v) is 15.9. The van der Waals surface area contributed by atoms with Gasteiger partial charge in [0, 0.05) is 96.7 Å². The van der Waals surface area contributed by atoms with Crippen LogP contribution in [0.4, 0.5) is 15.3 Å². The number of oxazole rings is 1. The highest BCUT2D eigenvalue weighted by Gasteiger charge is 2.37. The number of aromatic nitrogens is 1. The second-order valence-electron chi connectivity index (χ2n) is 15.9. The first-order chi connectivity index (χ1) is 27.6. The number of piperazine rings is 1. The summed E-state index contributed by atoms with van der Waals surface area (Å²) in [5.74, 6) is -0.839. The number of benzene rings is 2. The fourth-order valence-corrected chi connectivity index (χ4v) is 8.93. The standard InChI is InChI=1S/C42H57N7O8/c1-4-25-55-37(50)14-15-45-21-23-46(24-22-45)32-10-16-47(17-11-32)39(51)36(28-30-26-29(2)38-35(27-30)56-41(53)44(38)3)57-42(54)48-18-12-33(13-19-48)49-20-9-31-7-5-6-8-34(31)43-40(49)52/h5-8,26-27,32-33,36H,4,9-25,28H2,1-3H3,(H,43,52)/t36-/m1/s1. The molecule has 1 N–H and O–H groups in total. The number of nitrogens with one attached hydrogen (secondary N) is 1. The predicted molar refractivity (Wildman–Crippen MR) is 214 cm³/mol. The Balaban J connectivity index is 0.963. The summed E-state index contributed by atoms with van der Waals surface area (Å²) >= 11 is 0. The number of hydrogen-bond donors (Lipinski definition) is 1. The van der Waals surface area contributed by atoms with E-state index in [0.717, 1.165) is 74.2 Å². The van der Waals surface area contributed by atoms with Crippen molar-refractivity contribution in [2.24, 2.45) is 7.05 Å². The average Bonchev–Trinajstić information content (AvgIpc) is 3.40. The van der Waals surface area contributed by atoms with Gasteiger partial charge in [-0.2, -0.15) is 0 Å². The molecule has 1 atom stereocenters. The Kier molecular flexibility index (Phi) is 12.8. The molecule has 4 aliphatic rings. The predicted octanol–water partition coefficient (Wildman–Crippen LogP) is 3.99. The Morgan fingerprint density at radius 2 is 1.60 bits per heavy atom. The zero-order valence-electron chi connectivity index (χ0n) is 33.6. The number of aryl methyl sites for hydroxylation is 2. The van der Waals surface area contributed by atoms with Gasteiger partial charge in [0.05, 0.1) is 18.5 Å². The highest BCUT2D eigenvalue weighted by atomic mass is 16.6. The number of piperidine rings is 2. The quantitative estimate of drug-likeness (QED) is 0.283. The van der Waals surface area contributed by atoms with Gasteiger partial charge >= 0.3 is 23.8 Å². The summed E-state index contributed by atoms with van der Waals surface area (Å²) in [4.78, 5) is 75.8. The van der Waals surface area contributed by atoms with Crippen LogP contribution in [-0.4, -0.2) is 143 Å². The van der Waals surface area contributed by atoms with Gasteiger partial charge < -0.3 is 38.8 Å². The number of amides is 4. The van der Waals surface area contributed by atoms with Gasteiger partial charge in [-0.25, -0.2) is 14.4 Å². The topological polar surface area (TPSA) is 150 Å². The molecule has 5 heterocycles. The van der Waals surface area contributed by atoms with Gasteiger partial charge in [-0.3, -0.25) is 19.1 Å². The third-order valence-corrected chi connectivity index (χ3v) is 12.2. The summed E-state index contributed by atoms with van der Waals surface area (Å²) in [6.07, 6.45) is 3.35. The van der Waals surface area contributed by atoms with E-state index in [0.29, 0.717) is 82.3 Å². The molecule has 15 heteroatoms. The van der Waals surface area contributed by atoms with E-state index >= 15 is 0 Å². The number of esters is 1. The molecule has 57 heavy (non-hydrogen) atoms. The molecule has 15 nitrogen and oxygen atoms in total. The fourth-order valence-electron chi connectivity index (χ4n) is 8.93. The van der Waals surface area contributed by atoms with Gasteiger partial charge in [0.2, 0.25) is 0 Å². The van der Waals surface area contributed by atoms with E-state index in [4.69, 9.17) is 13.9 Å². The van der Waals surface area contributed by atoms with Crippen molar-refractivity contribution in [1.29, 1.82) is 0 Å². The Morgan fingerprint density at radius 1 is 0.895 bits per heavy atom. The van der Waals surface area contributed by atoms with Crippen molar-refractivity contribution in [3.63, 3.8) is 0 Å². The van der Waals surface area contributed by atoms with Crippen LogP contribution in [0.5, 0.6) is 0 Å². The number of anilines is 1. The third kappa shape index (κ3) is 9.47. The van der Waals surface area contributed by atoms with Gasteiger partial charge in [-0.1, -0.05) is 31.2 Å². The number of hydrogen-bond acceptors (Lipinski definition) is 10. The van der Waals surface area contributed by atoms with Gasteiger partial charge in [0.25, 0.3) is 5.91 Å². The molecule has 308 valence electrons. The summed E-state index contributed by atoms with van der Waals surface area (Å²) in [7, 11) is 1.66. The lowest BCUT2D eigenvalue weighted by Crippen LogP contribution is -2.55. The van der Waals surface area contributed by atoms with Crippen molar-refractivity contribution in [3.05, 3.63) is 63.6 Å². The Labute approximate surface area is 333 Å². The molecule has 3 aromatic rings. The lowest BCUT2D eigenvalue weighted by atomic mass is 9.99. The molecule has 0 unspecified atom stereocenters. The number of carbonyl (C=O) groups is 4. The summed E-state index contributed by atoms with van der Waals surface area (Å²) in [5.41, 5.74) is 4.62. The van der Waals surface area contributed by atoms with E-state index < -0.39 is 18.0 Å². The van der Waals surface area contributed by atoms with Crippen LogP contribution in [0.2, 0.25) is 0 Å².